The smallest absolute Gasteiger partial charge is 0.238 e. The third-order valence-electron chi connectivity index (χ3n) is 5.00. The number of piperazine rings is 1. The Morgan fingerprint density at radius 1 is 1.10 bits per heavy atom. The average Bonchev–Trinajstić information content (AvgIpc) is 3.17. The first-order chi connectivity index (χ1) is 14.2. The molecule has 7 heteroatoms. The fourth-order valence-electron chi connectivity index (χ4n) is 3.48. The molecule has 150 valence electrons. The van der Waals surface area contributed by atoms with E-state index in [1.165, 1.54) is 0 Å². The van der Waals surface area contributed by atoms with E-state index in [4.69, 9.17) is 0 Å². The molecule has 1 aliphatic heterocycles. The molecule has 0 aliphatic carbocycles. The minimum absolute atomic E-state index is 0.0229. The third kappa shape index (κ3) is 5.47. The molecule has 3 aromatic rings. The number of rotatable bonds is 6. The zero-order valence-electron chi connectivity index (χ0n) is 16.5. The Labute approximate surface area is 175 Å². The SMILES string of the molecule is Cc1nc(-c2cccc(NC(=O)CN3CCN(Cc4ccccn4)CC3)c2)cs1. The molecule has 0 radical (unpaired) electrons. The molecule has 0 saturated carbocycles. The molecule has 0 atom stereocenters. The summed E-state index contributed by atoms with van der Waals surface area (Å²) in [4.78, 5) is 26.0. The number of carbonyl (C=O) groups is 1. The van der Waals surface area contributed by atoms with E-state index < -0.39 is 0 Å². The van der Waals surface area contributed by atoms with Crippen molar-refractivity contribution in [3.05, 3.63) is 64.7 Å². The van der Waals surface area contributed by atoms with Gasteiger partial charge in [0.1, 0.15) is 0 Å². The predicted molar refractivity (Wildman–Crippen MR) is 117 cm³/mol. The molecule has 1 saturated heterocycles. The second-order valence-corrected chi connectivity index (χ2v) is 8.32. The molecule has 2 aromatic heterocycles. The maximum atomic E-state index is 12.5. The summed E-state index contributed by atoms with van der Waals surface area (Å²) in [6.45, 7) is 6.94. The van der Waals surface area contributed by atoms with Crippen molar-refractivity contribution >= 4 is 22.9 Å². The molecular weight excluding hydrogens is 382 g/mol. The molecule has 1 aromatic carbocycles. The van der Waals surface area contributed by atoms with Crippen LogP contribution < -0.4 is 5.32 Å². The van der Waals surface area contributed by atoms with Gasteiger partial charge in [-0.25, -0.2) is 4.98 Å². The van der Waals surface area contributed by atoms with E-state index in [-0.39, 0.29) is 5.91 Å². The first kappa shape index (κ1) is 19.7. The van der Waals surface area contributed by atoms with Gasteiger partial charge >= 0.3 is 0 Å². The summed E-state index contributed by atoms with van der Waals surface area (Å²) >= 11 is 1.63. The minimum Gasteiger partial charge on any atom is -0.325 e. The summed E-state index contributed by atoms with van der Waals surface area (Å²) in [5.74, 6) is 0.0229. The molecule has 4 rings (SSSR count). The lowest BCUT2D eigenvalue weighted by Gasteiger charge is -2.34. The van der Waals surface area contributed by atoms with Gasteiger partial charge < -0.3 is 5.32 Å². The van der Waals surface area contributed by atoms with Gasteiger partial charge in [-0.05, 0) is 31.2 Å². The van der Waals surface area contributed by atoms with Crippen molar-refractivity contribution in [3.63, 3.8) is 0 Å². The van der Waals surface area contributed by atoms with Gasteiger partial charge in [0.25, 0.3) is 0 Å². The number of benzene rings is 1. The van der Waals surface area contributed by atoms with Gasteiger partial charge in [0.05, 0.1) is 22.9 Å². The summed E-state index contributed by atoms with van der Waals surface area (Å²) in [6, 6.07) is 13.9. The number of thiazole rings is 1. The number of aryl methyl sites for hydroxylation is 1. The number of nitrogens with zero attached hydrogens (tertiary/aromatic N) is 4. The van der Waals surface area contributed by atoms with E-state index >= 15 is 0 Å². The molecule has 29 heavy (non-hydrogen) atoms. The fraction of sp³-hybridized carbons (Fsp3) is 0.318. The van der Waals surface area contributed by atoms with Crippen molar-refractivity contribution in [3.8, 4) is 11.3 Å². The van der Waals surface area contributed by atoms with Crippen molar-refractivity contribution < 1.29 is 4.79 Å². The number of anilines is 1. The van der Waals surface area contributed by atoms with E-state index in [9.17, 15) is 4.79 Å². The van der Waals surface area contributed by atoms with Crippen LogP contribution in [0.5, 0.6) is 0 Å². The quantitative estimate of drug-likeness (QED) is 0.680. The topological polar surface area (TPSA) is 61.4 Å². The number of carbonyl (C=O) groups excluding carboxylic acids is 1. The number of hydrogen-bond acceptors (Lipinski definition) is 6. The van der Waals surface area contributed by atoms with Crippen molar-refractivity contribution in [1.82, 2.24) is 19.8 Å². The first-order valence-electron chi connectivity index (χ1n) is 9.83. The molecule has 0 unspecified atom stereocenters. The van der Waals surface area contributed by atoms with Crippen LogP contribution in [0.1, 0.15) is 10.7 Å². The van der Waals surface area contributed by atoms with Gasteiger partial charge in [-0.3, -0.25) is 19.6 Å². The van der Waals surface area contributed by atoms with Gasteiger partial charge in [-0.2, -0.15) is 0 Å². The summed E-state index contributed by atoms with van der Waals surface area (Å²) in [5.41, 5.74) is 3.88. The van der Waals surface area contributed by atoms with E-state index in [0.717, 1.165) is 60.4 Å². The lowest BCUT2D eigenvalue weighted by molar-refractivity contribution is -0.117. The van der Waals surface area contributed by atoms with Crippen LogP contribution in [-0.2, 0) is 11.3 Å². The molecule has 6 nitrogen and oxygen atoms in total. The van der Waals surface area contributed by atoms with Crippen LogP contribution in [0.3, 0.4) is 0 Å². The molecule has 1 amide bonds. The van der Waals surface area contributed by atoms with Crippen LogP contribution in [0.2, 0.25) is 0 Å². The van der Waals surface area contributed by atoms with Crippen LogP contribution in [0.4, 0.5) is 5.69 Å². The average molecular weight is 408 g/mol. The number of nitrogens with one attached hydrogen (secondary N) is 1. The highest BCUT2D eigenvalue weighted by Crippen LogP contribution is 2.24. The van der Waals surface area contributed by atoms with Crippen LogP contribution in [-0.4, -0.2) is 58.4 Å². The Morgan fingerprint density at radius 2 is 1.93 bits per heavy atom. The Balaban J connectivity index is 1.26. The molecule has 0 bridgehead atoms. The fourth-order valence-corrected chi connectivity index (χ4v) is 4.10. The van der Waals surface area contributed by atoms with E-state index in [1.54, 1.807) is 11.3 Å². The number of aromatic nitrogens is 2. The first-order valence-corrected chi connectivity index (χ1v) is 10.7. The van der Waals surface area contributed by atoms with Crippen LogP contribution in [0.15, 0.2) is 54.0 Å². The van der Waals surface area contributed by atoms with Crippen LogP contribution >= 0.6 is 11.3 Å². The molecule has 1 fully saturated rings. The Morgan fingerprint density at radius 3 is 2.66 bits per heavy atom. The second-order valence-electron chi connectivity index (χ2n) is 7.25. The summed E-state index contributed by atoms with van der Waals surface area (Å²) in [7, 11) is 0. The Hall–Kier alpha value is -2.61. The van der Waals surface area contributed by atoms with Crippen LogP contribution in [0.25, 0.3) is 11.3 Å². The summed E-state index contributed by atoms with van der Waals surface area (Å²) in [6.07, 6.45) is 1.83. The van der Waals surface area contributed by atoms with Gasteiger partial charge in [0.15, 0.2) is 0 Å². The van der Waals surface area contributed by atoms with Gasteiger partial charge in [-0.1, -0.05) is 18.2 Å². The van der Waals surface area contributed by atoms with Crippen LogP contribution in [0, 0.1) is 6.92 Å². The van der Waals surface area contributed by atoms with Crippen molar-refractivity contribution in [2.45, 2.75) is 13.5 Å². The van der Waals surface area contributed by atoms with Crippen molar-refractivity contribution in [2.24, 2.45) is 0 Å². The second kappa shape index (κ2) is 9.26. The highest BCUT2D eigenvalue weighted by atomic mass is 32.1. The van der Waals surface area contributed by atoms with Crippen molar-refractivity contribution in [1.29, 1.82) is 0 Å². The molecule has 0 spiro atoms. The molecule has 3 heterocycles. The van der Waals surface area contributed by atoms with Gasteiger partial charge in [-0.15, -0.1) is 11.3 Å². The van der Waals surface area contributed by atoms with E-state index in [1.807, 2.05) is 54.9 Å². The lowest BCUT2D eigenvalue weighted by atomic mass is 10.1. The zero-order valence-corrected chi connectivity index (χ0v) is 17.4. The maximum absolute atomic E-state index is 12.5. The predicted octanol–water partition coefficient (Wildman–Crippen LogP) is 3.27. The van der Waals surface area contributed by atoms with E-state index in [0.29, 0.717) is 6.54 Å². The zero-order chi connectivity index (χ0) is 20.1. The van der Waals surface area contributed by atoms with E-state index in [2.05, 4.69) is 31.2 Å². The molecule has 1 N–H and O–H groups in total. The van der Waals surface area contributed by atoms with Gasteiger partial charge in [0.2, 0.25) is 5.91 Å². The van der Waals surface area contributed by atoms with Crippen molar-refractivity contribution in [2.75, 3.05) is 38.0 Å². The van der Waals surface area contributed by atoms with Gasteiger partial charge in [0, 0.05) is 55.6 Å². The molecular formula is C22H25N5OS. The lowest BCUT2D eigenvalue weighted by Crippen LogP contribution is -2.48. The highest BCUT2D eigenvalue weighted by Gasteiger charge is 2.19. The Bertz CT molecular complexity index is 951. The maximum Gasteiger partial charge on any atom is 0.238 e. The Kier molecular flexibility index (Phi) is 6.29. The normalized spacial score (nSPS) is 15.3. The summed E-state index contributed by atoms with van der Waals surface area (Å²) < 4.78 is 0. The number of hydrogen-bond donors (Lipinski definition) is 1. The largest absolute Gasteiger partial charge is 0.325 e. The standard InChI is InChI=1S/C22H25N5OS/c1-17-24-21(16-29-17)18-5-4-7-19(13-18)25-22(28)15-27-11-9-26(10-12-27)14-20-6-2-3-8-23-20/h2-8,13,16H,9-12,14-15H2,1H3,(H,25,28). The number of pyridine rings is 1. The summed E-state index contributed by atoms with van der Waals surface area (Å²) in [5, 5.41) is 6.11. The number of amides is 1. The third-order valence-corrected chi connectivity index (χ3v) is 5.78. The monoisotopic (exact) mass is 407 g/mol. The minimum atomic E-state index is 0.0229. The molecule has 1 aliphatic rings. The highest BCUT2D eigenvalue weighted by molar-refractivity contribution is 7.09.